The molecule has 0 atom stereocenters. The van der Waals surface area contributed by atoms with Crippen LogP contribution in [0.4, 0.5) is 10.9 Å². The Bertz CT molecular complexity index is 950. The topological polar surface area (TPSA) is 94.3 Å². The first-order valence-electron chi connectivity index (χ1n) is 6.60. The Morgan fingerprint density at radius 1 is 1.22 bits per heavy atom. The molecule has 23 heavy (non-hydrogen) atoms. The average molecular weight is 342 g/mol. The summed E-state index contributed by atoms with van der Waals surface area (Å²) in [6, 6.07) is 3.82. The first-order chi connectivity index (χ1) is 11.3. The number of nitrogens with one attached hydrogen (secondary N) is 1. The quantitative estimate of drug-likeness (QED) is 0.604. The van der Waals surface area contributed by atoms with E-state index in [-0.39, 0.29) is 0 Å². The summed E-state index contributed by atoms with van der Waals surface area (Å²) in [5, 5.41) is 15.3. The van der Waals surface area contributed by atoms with E-state index in [0.717, 1.165) is 20.8 Å². The minimum absolute atomic E-state index is 0.630. The molecule has 0 radical (unpaired) electrons. The van der Waals surface area contributed by atoms with Crippen molar-refractivity contribution in [1.82, 2.24) is 34.7 Å². The number of fused-ring (bicyclic) bond motifs is 1. The molecule has 0 amide bonds. The second-order valence-electron chi connectivity index (χ2n) is 4.53. The minimum Gasteiger partial charge on any atom is -0.314 e. The Balaban J connectivity index is 1.73. The van der Waals surface area contributed by atoms with Crippen LogP contribution in [0.15, 0.2) is 46.5 Å². The highest BCUT2D eigenvalue weighted by atomic mass is 32.2. The molecule has 4 aromatic rings. The fourth-order valence-electron chi connectivity index (χ4n) is 1.92. The third-order valence-electron chi connectivity index (χ3n) is 2.98. The van der Waals surface area contributed by atoms with Gasteiger partial charge in [-0.1, -0.05) is 0 Å². The van der Waals surface area contributed by atoms with Gasteiger partial charge in [0.1, 0.15) is 23.2 Å². The summed E-state index contributed by atoms with van der Waals surface area (Å²) in [4.78, 5) is 17.4. The highest BCUT2D eigenvalue weighted by Crippen LogP contribution is 2.28. The molecule has 1 N–H and O–H groups in total. The predicted molar refractivity (Wildman–Crippen MR) is 87.9 cm³/mol. The van der Waals surface area contributed by atoms with Gasteiger partial charge in [-0.25, -0.2) is 19.9 Å². The Morgan fingerprint density at radius 3 is 2.96 bits per heavy atom. The van der Waals surface area contributed by atoms with E-state index in [1.165, 1.54) is 29.4 Å². The molecule has 10 heteroatoms. The molecule has 4 heterocycles. The molecule has 0 fully saturated rings. The van der Waals surface area contributed by atoms with E-state index in [0.29, 0.717) is 11.3 Å². The van der Waals surface area contributed by atoms with Gasteiger partial charge in [-0.15, -0.1) is 21.5 Å². The second-order valence-corrected chi connectivity index (χ2v) is 6.41. The lowest BCUT2D eigenvalue weighted by Crippen LogP contribution is -1.98. The summed E-state index contributed by atoms with van der Waals surface area (Å²) in [6.45, 7) is 0. The largest absolute Gasteiger partial charge is 0.314 e. The summed E-state index contributed by atoms with van der Waals surface area (Å²) in [5.74, 6) is 0.630. The van der Waals surface area contributed by atoms with Crippen molar-refractivity contribution in [3.05, 3.63) is 36.4 Å². The van der Waals surface area contributed by atoms with Crippen LogP contribution in [0.25, 0.3) is 11.0 Å². The van der Waals surface area contributed by atoms with E-state index in [2.05, 4.69) is 35.5 Å². The number of hydrogen-bond acceptors (Lipinski definition) is 9. The number of hydrogen-bond donors (Lipinski definition) is 1. The van der Waals surface area contributed by atoms with E-state index < -0.39 is 0 Å². The van der Waals surface area contributed by atoms with Gasteiger partial charge >= 0.3 is 0 Å². The number of thiazole rings is 1. The maximum Gasteiger partial charge on any atom is 0.197 e. The Kier molecular flexibility index (Phi) is 3.60. The van der Waals surface area contributed by atoms with E-state index in [9.17, 15) is 0 Å². The van der Waals surface area contributed by atoms with Gasteiger partial charge in [0.2, 0.25) is 0 Å². The van der Waals surface area contributed by atoms with E-state index in [1.54, 1.807) is 12.5 Å². The van der Waals surface area contributed by atoms with Crippen molar-refractivity contribution in [2.45, 2.75) is 10.2 Å². The van der Waals surface area contributed by atoms with Gasteiger partial charge < -0.3 is 9.88 Å². The van der Waals surface area contributed by atoms with Crippen LogP contribution in [0.2, 0.25) is 0 Å². The molecule has 4 aromatic heterocycles. The monoisotopic (exact) mass is 342 g/mol. The third-order valence-corrected chi connectivity index (χ3v) is 4.66. The van der Waals surface area contributed by atoms with Crippen LogP contribution >= 0.6 is 23.1 Å². The summed E-state index contributed by atoms with van der Waals surface area (Å²) in [7, 11) is 1.89. The number of nitrogens with zero attached hydrogens (tertiary/aromatic N) is 7. The molecule has 114 valence electrons. The number of aryl methyl sites for hydroxylation is 1. The Morgan fingerprint density at radius 2 is 2.17 bits per heavy atom. The molecule has 0 unspecified atom stereocenters. The number of aromatic nitrogens is 7. The van der Waals surface area contributed by atoms with Gasteiger partial charge in [-0.2, -0.15) is 0 Å². The average Bonchev–Trinajstić information content (AvgIpc) is 3.21. The van der Waals surface area contributed by atoms with E-state index in [4.69, 9.17) is 0 Å². The van der Waals surface area contributed by atoms with Crippen LogP contribution in [0.1, 0.15) is 0 Å². The normalized spacial score (nSPS) is 11.0. The highest BCUT2D eigenvalue weighted by molar-refractivity contribution is 7.99. The maximum absolute atomic E-state index is 4.64. The molecule has 0 saturated carbocycles. The minimum atomic E-state index is 0.630. The predicted octanol–water partition coefficient (Wildman–Crippen LogP) is 2.50. The first-order valence-corrected chi connectivity index (χ1v) is 8.29. The smallest absolute Gasteiger partial charge is 0.197 e. The van der Waals surface area contributed by atoms with Crippen LogP contribution in [0, 0.1) is 0 Å². The second kappa shape index (κ2) is 5.89. The number of pyridine rings is 1. The van der Waals surface area contributed by atoms with Gasteiger partial charge in [0, 0.05) is 18.6 Å². The van der Waals surface area contributed by atoms with E-state index >= 15 is 0 Å². The number of anilines is 2. The van der Waals surface area contributed by atoms with E-state index in [1.807, 2.05) is 29.1 Å². The van der Waals surface area contributed by atoms with Gasteiger partial charge in [0.05, 0.1) is 5.52 Å². The maximum atomic E-state index is 4.64. The molecule has 0 spiro atoms. The fraction of sp³-hybridized carbons (Fsp3) is 0.0769. The van der Waals surface area contributed by atoms with Crippen LogP contribution in [-0.2, 0) is 7.05 Å². The molecular weight excluding hydrogens is 332 g/mol. The molecule has 0 bridgehead atoms. The zero-order valence-corrected chi connectivity index (χ0v) is 13.5. The third kappa shape index (κ3) is 2.85. The molecule has 0 aromatic carbocycles. The van der Waals surface area contributed by atoms with Crippen molar-refractivity contribution in [3.63, 3.8) is 0 Å². The summed E-state index contributed by atoms with van der Waals surface area (Å²) < 4.78 is 1.84. The van der Waals surface area contributed by atoms with Gasteiger partial charge in [-0.05, 0) is 23.9 Å². The standard InChI is InChI=1S/C13H10N8S2/c1-21-7-17-20-13(21)23-9-3-2-8-10(18-9)11(16-6-15-8)19-12-14-4-5-22-12/h2-7H,1H3,(H,14,15,16,19). The Labute approximate surface area is 139 Å². The fourth-order valence-corrected chi connectivity index (χ4v) is 3.18. The molecule has 0 aliphatic carbocycles. The molecular formula is C13H10N8S2. The lowest BCUT2D eigenvalue weighted by molar-refractivity contribution is 0.787. The molecule has 4 rings (SSSR count). The van der Waals surface area contributed by atoms with Crippen molar-refractivity contribution in [2.75, 3.05) is 5.32 Å². The summed E-state index contributed by atoms with van der Waals surface area (Å²) in [6.07, 6.45) is 4.90. The van der Waals surface area contributed by atoms with Crippen LogP contribution in [0.3, 0.4) is 0 Å². The van der Waals surface area contributed by atoms with Crippen molar-refractivity contribution in [1.29, 1.82) is 0 Å². The summed E-state index contributed by atoms with van der Waals surface area (Å²) in [5.41, 5.74) is 1.45. The lowest BCUT2D eigenvalue weighted by atomic mass is 10.3. The highest BCUT2D eigenvalue weighted by Gasteiger charge is 2.10. The van der Waals surface area contributed by atoms with Crippen molar-refractivity contribution >= 4 is 45.1 Å². The zero-order valence-electron chi connectivity index (χ0n) is 11.9. The van der Waals surface area contributed by atoms with Crippen LogP contribution < -0.4 is 5.32 Å². The van der Waals surface area contributed by atoms with Crippen molar-refractivity contribution in [2.24, 2.45) is 7.05 Å². The van der Waals surface area contributed by atoms with Crippen molar-refractivity contribution < 1.29 is 0 Å². The molecule has 0 aliphatic rings. The van der Waals surface area contributed by atoms with Crippen LogP contribution in [0.5, 0.6) is 0 Å². The lowest BCUT2D eigenvalue weighted by Gasteiger charge is -2.06. The summed E-state index contributed by atoms with van der Waals surface area (Å²) >= 11 is 2.93. The molecule has 0 aliphatic heterocycles. The Hall–Kier alpha value is -2.59. The van der Waals surface area contributed by atoms with Gasteiger partial charge in [-0.3, -0.25) is 0 Å². The van der Waals surface area contributed by atoms with Gasteiger partial charge in [0.15, 0.2) is 16.1 Å². The molecule has 0 saturated heterocycles. The molecule has 8 nitrogen and oxygen atoms in total. The van der Waals surface area contributed by atoms with Crippen LogP contribution in [-0.4, -0.2) is 34.7 Å². The first kappa shape index (κ1) is 14.0. The zero-order chi connectivity index (χ0) is 15.6. The van der Waals surface area contributed by atoms with Gasteiger partial charge in [0.25, 0.3) is 0 Å². The van der Waals surface area contributed by atoms with Crippen molar-refractivity contribution in [3.8, 4) is 0 Å². The number of rotatable bonds is 4. The SMILES string of the molecule is Cn1cnnc1Sc1ccc2ncnc(Nc3nccs3)c2n1.